The summed E-state index contributed by atoms with van der Waals surface area (Å²) in [5.74, 6) is 0. The number of hydrogen-bond acceptors (Lipinski definition) is 3. The Morgan fingerprint density at radius 2 is 2.20 bits per heavy atom. The SMILES string of the molecule is CC(C)NCCCNCc1cc(Br)cs1. The van der Waals surface area contributed by atoms with Crippen LogP contribution < -0.4 is 10.6 Å². The van der Waals surface area contributed by atoms with E-state index in [2.05, 4.69) is 51.9 Å². The molecule has 0 unspecified atom stereocenters. The van der Waals surface area contributed by atoms with Crippen LogP contribution in [0.1, 0.15) is 25.1 Å². The fourth-order valence-electron chi connectivity index (χ4n) is 1.26. The molecule has 0 aliphatic rings. The Morgan fingerprint density at radius 1 is 1.40 bits per heavy atom. The maximum absolute atomic E-state index is 3.45. The highest BCUT2D eigenvalue weighted by Gasteiger charge is 1.96. The summed E-state index contributed by atoms with van der Waals surface area (Å²) in [6.07, 6.45) is 1.19. The Labute approximate surface area is 105 Å². The minimum absolute atomic E-state index is 0.596. The fourth-order valence-corrected chi connectivity index (χ4v) is 2.68. The van der Waals surface area contributed by atoms with Crippen LogP contribution in [-0.4, -0.2) is 19.1 Å². The molecule has 15 heavy (non-hydrogen) atoms. The quantitative estimate of drug-likeness (QED) is 0.755. The van der Waals surface area contributed by atoms with E-state index in [-0.39, 0.29) is 0 Å². The lowest BCUT2D eigenvalue weighted by Gasteiger charge is -2.07. The topological polar surface area (TPSA) is 24.1 Å². The molecule has 1 aromatic heterocycles. The fraction of sp³-hybridized carbons (Fsp3) is 0.636. The lowest BCUT2D eigenvalue weighted by Crippen LogP contribution is -2.26. The molecule has 1 heterocycles. The minimum atomic E-state index is 0.596. The maximum atomic E-state index is 3.45. The molecule has 0 fully saturated rings. The van der Waals surface area contributed by atoms with Gasteiger partial charge < -0.3 is 10.6 Å². The van der Waals surface area contributed by atoms with Gasteiger partial charge in [-0.05, 0) is 41.5 Å². The van der Waals surface area contributed by atoms with Gasteiger partial charge in [-0.15, -0.1) is 11.3 Å². The van der Waals surface area contributed by atoms with Gasteiger partial charge in [0.25, 0.3) is 0 Å². The number of nitrogens with one attached hydrogen (secondary N) is 2. The highest BCUT2D eigenvalue weighted by molar-refractivity contribution is 9.10. The van der Waals surface area contributed by atoms with Crippen LogP contribution in [0.3, 0.4) is 0 Å². The van der Waals surface area contributed by atoms with Crippen LogP contribution in [0.25, 0.3) is 0 Å². The van der Waals surface area contributed by atoms with E-state index in [0.717, 1.165) is 19.6 Å². The molecule has 0 bridgehead atoms. The third kappa shape index (κ3) is 6.30. The second kappa shape index (κ2) is 7.39. The molecule has 0 saturated heterocycles. The lowest BCUT2D eigenvalue weighted by atomic mass is 10.3. The van der Waals surface area contributed by atoms with Crippen molar-refractivity contribution >= 4 is 27.3 Å². The molecular formula is C11H19BrN2S. The summed E-state index contributed by atoms with van der Waals surface area (Å²) < 4.78 is 1.19. The predicted octanol–water partition coefficient (Wildman–Crippen LogP) is 2.99. The first kappa shape index (κ1) is 13.2. The van der Waals surface area contributed by atoms with Gasteiger partial charge in [0.1, 0.15) is 0 Å². The Hall–Kier alpha value is 0.1000. The molecule has 4 heteroatoms. The van der Waals surface area contributed by atoms with Crippen molar-refractivity contribution in [2.24, 2.45) is 0 Å². The van der Waals surface area contributed by atoms with E-state index in [1.807, 2.05) is 0 Å². The summed E-state index contributed by atoms with van der Waals surface area (Å²) >= 11 is 5.25. The first-order valence-electron chi connectivity index (χ1n) is 5.35. The van der Waals surface area contributed by atoms with Crippen LogP contribution >= 0.6 is 27.3 Å². The Morgan fingerprint density at radius 3 is 2.80 bits per heavy atom. The molecule has 1 rings (SSSR count). The van der Waals surface area contributed by atoms with Crippen LogP contribution in [0.15, 0.2) is 15.9 Å². The van der Waals surface area contributed by atoms with Crippen LogP contribution in [0, 0.1) is 0 Å². The third-order valence-electron chi connectivity index (χ3n) is 2.00. The predicted molar refractivity (Wildman–Crippen MR) is 71.5 cm³/mol. The molecule has 2 nitrogen and oxygen atoms in total. The van der Waals surface area contributed by atoms with Gasteiger partial charge in [0.15, 0.2) is 0 Å². The van der Waals surface area contributed by atoms with Crippen molar-refractivity contribution in [2.45, 2.75) is 32.9 Å². The van der Waals surface area contributed by atoms with Crippen molar-refractivity contribution in [3.63, 3.8) is 0 Å². The van der Waals surface area contributed by atoms with Crippen molar-refractivity contribution in [2.75, 3.05) is 13.1 Å². The highest BCUT2D eigenvalue weighted by Crippen LogP contribution is 2.19. The Bertz CT molecular complexity index is 273. The normalized spacial score (nSPS) is 11.2. The van der Waals surface area contributed by atoms with Crippen molar-refractivity contribution in [3.8, 4) is 0 Å². The number of rotatable bonds is 7. The molecular weight excluding hydrogens is 272 g/mol. The van der Waals surface area contributed by atoms with Crippen LogP contribution in [-0.2, 0) is 6.54 Å². The van der Waals surface area contributed by atoms with Gasteiger partial charge in [0, 0.05) is 27.3 Å². The van der Waals surface area contributed by atoms with E-state index in [0.29, 0.717) is 6.04 Å². The summed E-state index contributed by atoms with van der Waals surface area (Å²) in [7, 11) is 0. The van der Waals surface area contributed by atoms with Gasteiger partial charge in [-0.3, -0.25) is 0 Å². The van der Waals surface area contributed by atoms with E-state index in [4.69, 9.17) is 0 Å². The molecule has 2 N–H and O–H groups in total. The summed E-state index contributed by atoms with van der Waals surface area (Å²) in [5, 5.41) is 8.96. The van der Waals surface area contributed by atoms with Gasteiger partial charge in [0.2, 0.25) is 0 Å². The molecule has 0 radical (unpaired) electrons. The maximum Gasteiger partial charge on any atom is 0.0300 e. The smallest absolute Gasteiger partial charge is 0.0300 e. The second-order valence-electron chi connectivity index (χ2n) is 3.87. The molecule has 0 amide bonds. The number of thiophene rings is 1. The van der Waals surface area contributed by atoms with Crippen molar-refractivity contribution in [3.05, 3.63) is 20.8 Å². The highest BCUT2D eigenvalue weighted by atomic mass is 79.9. The molecule has 0 atom stereocenters. The molecule has 0 aliphatic carbocycles. The lowest BCUT2D eigenvalue weighted by molar-refractivity contribution is 0.548. The van der Waals surface area contributed by atoms with Crippen LogP contribution in [0.2, 0.25) is 0 Å². The largest absolute Gasteiger partial charge is 0.314 e. The van der Waals surface area contributed by atoms with E-state index in [1.54, 1.807) is 11.3 Å². The zero-order chi connectivity index (χ0) is 11.1. The van der Waals surface area contributed by atoms with Gasteiger partial charge in [-0.25, -0.2) is 0 Å². The summed E-state index contributed by atoms with van der Waals surface area (Å²) in [6.45, 7) is 7.51. The van der Waals surface area contributed by atoms with Gasteiger partial charge in [0.05, 0.1) is 0 Å². The van der Waals surface area contributed by atoms with Gasteiger partial charge in [-0.2, -0.15) is 0 Å². The summed E-state index contributed by atoms with van der Waals surface area (Å²) in [5.41, 5.74) is 0. The average molecular weight is 291 g/mol. The minimum Gasteiger partial charge on any atom is -0.314 e. The van der Waals surface area contributed by atoms with Gasteiger partial charge in [-0.1, -0.05) is 13.8 Å². The average Bonchev–Trinajstić information content (AvgIpc) is 2.57. The summed E-state index contributed by atoms with van der Waals surface area (Å²) in [6, 6.07) is 2.77. The van der Waals surface area contributed by atoms with Crippen LogP contribution in [0.5, 0.6) is 0 Å². The van der Waals surface area contributed by atoms with Crippen molar-refractivity contribution in [1.29, 1.82) is 0 Å². The zero-order valence-corrected chi connectivity index (χ0v) is 11.7. The third-order valence-corrected chi connectivity index (χ3v) is 3.70. The first-order chi connectivity index (χ1) is 7.18. The molecule has 86 valence electrons. The van der Waals surface area contributed by atoms with E-state index in [1.165, 1.54) is 15.8 Å². The monoisotopic (exact) mass is 290 g/mol. The molecule has 1 aromatic rings. The molecule has 0 spiro atoms. The Balaban J connectivity index is 1.98. The first-order valence-corrected chi connectivity index (χ1v) is 7.03. The Kier molecular flexibility index (Phi) is 6.48. The molecule has 0 aliphatic heterocycles. The summed E-state index contributed by atoms with van der Waals surface area (Å²) in [4.78, 5) is 1.39. The second-order valence-corrected chi connectivity index (χ2v) is 5.78. The zero-order valence-electron chi connectivity index (χ0n) is 9.35. The van der Waals surface area contributed by atoms with E-state index < -0.39 is 0 Å². The molecule has 0 aromatic carbocycles. The van der Waals surface area contributed by atoms with Crippen molar-refractivity contribution in [1.82, 2.24) is 10.6 Å². The van der Waals surface area contributed by atoms with Gasteiger partial charge >= 0.3 is 0 Å². The number of hydrogen-bond donors (Lipinski definition) is 2. The number of halogens is 1. The van der Waals surface area contributed by atoms with Crippen molar-refractivity contribution < 1.29 is 0 Å². The van der Waals surface area contributed by atoms with Crippen LogP contribution in [0.4, 0.5) is 0 Å². The van der Waals surface area contributed by atoms with E-state index >= 15 is 0 Å². The van der Waals surface area contributed by atoms with E-state index in [9.17, 15) is 0 Å². The standard InChI is InChI=1S/C11H19BrN2S/c1-9(2)14-5-3-4-13-7-11-6-10(12)8-15-11/h6,8-9,13-14H,3-5,7H2,1-2H3. The molecule has 0 saturated carbocycles.